The molecule has 0 aliphatic rings. The smallest absolute Gasteiger partial charge is 0.361 e. The average molecular weight is 893 g/mol. The lowest BCUT2D eigenvalue weighted by Gasteiger charge is -2.25. The zero-order valence-corrected chi connectivity index (χ0v) is 42.0. The SMILES string of the molecule is CCCC/C=C\C/C=C\CCCCCCCC(=O)OC(COC(=O)CCCCCCCCCCCCCCCCCCCCCCCCCC)COC(OCC[N+](C)(C)C)C(=O)O. The zero-order chi connectivity index (χ0) is 46.3. The Labute approximate surface area is 388 Å². The minimum atomic E-state index is -1.51. The lowest BCUT2D eigenvalue weighted by Crippen LogP contribution is -2.40. The van der Waals surface area contributed by atoms with E-state index in [9.17, 15) is 19.5 Å². The molecule has 0 fully saturated rings. The highest BCUT2D eigenvalue weighted by Gasteiger charge is 2.25. The van der Waals surface area contributed by atoms with Gasteiger partial charge in [0.2, 0.25) is 0 Å². The van der Waals surface area contributed by atoms with Crippen LogP contribution in [0.2, 0.25) is 0 Å². The highest BCUT2D eigenvalue weighted by molar-refractivity contribution is 5.71. The summed E-state index contributed by atoms with van der Waals surface area (Å²) in [6.45, 7) is 4.85. The van der Waals surface area contributed by atoms with Gasteiger partial charge in [0, 0.05) is 12.8 Å². The molecule has 0 aromatic heterocycles. The molecule has 370 valence electrons. The van der Waals surface area contributed by atoms with E-state index in [2.05, 4.69) is 38.2 Å². The Balaban J connectivity index is 4.21. The summed E-state index contributed by atoms with van der Waals surface area (Å²) in [5.74, 6) is -2.01. The number of likely N-dealkylation sites (N-methyl/N-ethyl adjacent to an activating group) is 1. The predicted octanol–water partition coefficient (Wildman–Crippen LogP) is 14.8. The summed E-state index contributed by atoms with van der Waals surface area (Å²) >= 11 is 0. The Morgan fingerprint density at radius 1 is 0.476 bits per heavy atom. The first kappa shape index (κ1) is 60.8. The molecule has 0 aromatic rings. The maximum Gasteiger partial charge on any atom is 0.361 e. The monoisotopic (exact) mass is 893 g/mol. The van der Waals surface area contributed by atoms with E-state index < -0.39 is 24.3 Å². The molecule has 0 heterocycles. The minimum Gasteiger partial charge on any atom is -0.477 e. The number of allylic oxidation sites excluding steroid dienone is 4. The third-order valence-electron chi connectivity index (χ3n) is 11.7. The first-order valence-electron chi connectivity index (χ1n) is 26.5. The lowest BCUT2D eigenvalue weighted by molar-refractivity contribution is -0.870. The molecule has 0 amide bonds. The second kappa shape index (κ2) is 46.3. The number of carboxylic acids is 1. The van der Waals surface area contributed by atoms with Crippen molar-refractivity contribution in [1.29, 1.82) is 0 Å². The maximum absolute atomic E-state index is 12.8. The second-order valence-corrected chi connectivity index (χ2v) is 19.2. The number of ether oxygens (including phenoxy) is 4. The molecule has 1 N–H and O–H groups in total. The molecule has 0 saturated heterocycles. The van der Waals surface area contributed by atoms with Crippen LogP contribution >= 0.6 is 0 Å². The summed E-state index contributed by atoms with van der Waals surface area (Å²) in [5, 5.41) is 9.66. The van der Waals surface area contributed by atoms with Crippen molar-refractivity contribution in [2.24, 2.45) is 0 Å². The Morgan fingerprint density at radius 2 is 0.873 bits per heavy atom. The second-order valence-electron chi connectivity index (χ2n) is 19.2. The van der Waals surface area contributed by atoms with E-state index in [1.165, 1.54) is 148 Å². The summed E-state index contributed by atoms with van der Waals surface area (Å²) in [6.07, 6.45) is 49.7. The average Bonchev–Trinajstić information content (AvgIpc) is 3.24. The van der Waals surface area contributed by atoms with E-state index >= 15 is 0 Å². The van der Waals surface area contributed by atoms with Crippen molar-refractivity contribution >= 4 is 17.9 Å². The molecular formula is C54H102NO8+. The number of unbranched alkanes of at least 4 members (excludes halogenated alkanes) is 30. The van der Waals surface area contributed by atoms with Gasteiger partial charge in [0.25, 0.3) is 6.29 Å². The van der Waals surface area contributed by atoms with Crippen LogP contribution in [0.15, 0.2) is 24.3 Å². The number of nitrogens with zero attached hydrogens (tertiary/aromatic N) is 1. The fourth-order valence-corrected chi connectivity index (χ4v) is 7.56. The van der Waals surface area contributed by atoms with Crippen molar-refractivity contribution in [3.05, 3.63) is 24.3 Å². The van der Waals surface area contributed by atoms with Crippen LogP contribution in [0.5, 0.6) is 0 Å². The number of hydrogen-bond acceptors (Lipinski definition) is 7. The summed E-state index contributed by atoms with van der Waals surface area (Å²) < 4.78 is 22.8. The molecule has 0 aliphatic carbocycles. The van der Waals surface area contributed by atoms with Crippen LogP contribution in [0.3, 0.4) is 0 Å². The standard InChI is InChI=1S/C54H101NO8/c1-6-8-10-12-14-16-18-20-22-23-24-25-26-27-28-29-30-31-33-34-36-38-40-42-44-51(56)61-48-50(49-62-54(53(58)59)60-47-46-55(3,4)5)63-52(57)45-43-41-39-37-35-32-21-19-17-15-13-11-9-7-2/h13,15,19,21,50,54H,6-12,14,16-18,20,22-49H2,1-5H3/p+1/b15-13-,21-19-. The minimum absolute atomic E-state index is 0.183. The van der Waals surface area contributed by atoms with E-state index in [0.717, 1.165) is 64.2 Å². The van der Waals surface area contributed by atoms with Gasteiger partial charge in [-0.15, -0.1) is 0 Å². The van der Waals surface area contributed by atoms with Gasteiger partial charge in [-0.2, -0.15) is 0 Å². The van der Waals surface area contributed by atoms with Crippen molar-refractivity contribution in [2.75, 3.05) is 47.5 Å². The van der Waals surface area contributed by atoms with E-state index in [1.807, 2.05) is 21.1 Å². The van der Waals surface area contributed by atoms with Gasteiger partial charge < -0.3 is 28.5 Å². The quantitative estimate of drug-likeness (QED) is 0.0211. The zero-order valence-electron chi connectivity index (χ0n) is 42.0. The van der Waals surface area contributed by atoms with Crippen LogP contribution in [0.25, 0.3) is 0 Å². The predicted molar refractivity (Wildman–Crippen MR) is 263 cm³/mol. The largest absolute Gasteiger partial charge is 0.477 e. The van der Waals surface area contributed by atoms with Crippen molar-refractivity contribution in [3.8, 4) is 0 Å². The van der Waals surface area contributed by atoms with Gasteiger partial charge >= 0.3 is 17.9 Å². The Hall–Kier alpha value is -2.23. The van der Waals surface area contributed by atoms with Crippen LogP contribution < -0.4 is 0 Å². The summed E-state index contributed by atoms with van der Waals surface area (Å²) in [4.78, 5) is 37.2. The van der Waals surface area contributed by atoms with Crippen LogP contribution in [-0.2, 0) is 33.3 Å². The number of carboxylic acid groups (broad SMARTS) is 1. The van der Waals surface area contributed by atoms with E-state index in [0.29, 0.717) is 23.9 Å². The molecule has 0 saturated carbocycles. The number of carbonyl (C=O) groups is 3. The molecule has 9 nitrogen and oxygen atoms in total. The van der Waals surface area contributed by atoms with Crippen LogP contribution in [0, 0.1) is 0 Å². The van der Waals surface area contributed by atoms with Crippen molar-refractivity contribution in [1.82, 2.24) is 0 Å². The normalized spacial score (nSPS) is 13.0. The maximum atomic E-state index is 12.8. The Morgan fingerprint density at radius 3 is 1.30 bits per heavy atom. The lowest BCUT2D eigenvalue weighted by atomic mass is 10.0. The van der Waals surface area contributed by atoms with Crippen LogP contribution in [0.1, 0.15) is 245 Å². The fourth-order valence-electron chi connectivity index (χ4n) is 7.56. The van der Waals surface area contributed by atoms with Crippen molar-refractivity contribution in [3.63, 3.8) is 0 Å². The number of rotatable bonds is 49. The number of aliphatic carboxylic acids is 1. The van der Waals surface area contributed by atoms with Gasteiger partial charge in [-0.3, -0.25) is 9.59 Å². The molecule has 0 radical (unpaired) electrons. The molecule has 0 aromatic carbocycles. The van der Waals surface area contributed by atoms with Gasteiger partial charge in [-0.25, -0.2) is 4.79 Å². The van der Waals surface area contributed by atoms with Crippen molar-refractivity contribution in [2.45, 2.75) is 257 Å². The van der Waals surface area contributed by atoms with Gasteiger partial charge in [0.05, 0.1) is 34.4 Å². The molecule has 0 aliphatic heterocycles. The summed E-state index contributed by atoms with van der Waals surface area (Å²) in [6, 6.07) is 0. The van der Waals surface area contributed by atoms with Gasteiger partial charge in [-0.1, -0.05) is 218 Å². The molecule has 2 unspecified atom stereocenters. The van der Waals surface area contributed by atoms with Gasteiger partial charge in [0.15, 0.2) is 6.10 Å². The van der Waals surface area contributed by atoms with E-state index in [-0.39, 0.29) is 32.2 Å². The first-order valence-corrected chi connectivity index (χ1v) is 26.5. The van der Waals surface area contributed by atoms with Gasteiger partial charge in [-0.05, 0) is 38.5 Å². The topological polar surface area (TPSA) is 108 Å². The molecule has 0 spiro atoms. The summed E-state index contributed by atoms with van der Waals surface area (Å²) in [7, 11) is 5.96. The highest BCUT2D eigenvalue weighted by Crippen LogP contribution is 2.17. The van der Waals surface area contributed by atoms with E-state index in [1.54, 1.807) is 0 Å². The number of carbonyl (C=O) groups excluding carboxylic acids is 2. The first-order chi connectivity index (χ1) is 30.6. The Bertz CT molecular complexity index is 1090. The highest BCUT2D eigenvalue weighted by atomic mass is 16.7. The Kier molecular flexibility index (Phi) is 44.7. The van der Waals surface area contributed by atoms with Crippen LogP contribution in [0.4, 0.5) is 0 Å². The third kappa shape index (κ3) is 47.5. The number of esters is 2. The fraction of sp³-hybridized carbons (Fsp3) is 0.870. The molecule has 9 heteroatoms. The molecular weight excluding hydrogens is 791 g/mol. The van der Waals surface area contributed by atoms with Gasteiger partial charge in [0.1, 0.15) is 13.2 Å². The third-order valence-corrected chi connectivity index (χ3v) is 11.7. The molecule has 63 heavy (non-hydrogen) atoms. The van der Waals surface area contributed by atoms with Crippen LogP contribution in [-0.4, -0.2) is 87.4 Å². The molecule has 2 atom stereocenters. The number of hydrogen-bond donors (Lipinski definition) is 1. The number of quaternary nitrogens is 1. The summed E-state index contributed by atoms with van der Waals surface area (Å²) in [5.41, 5.74) is 0. The molecule has 0 rings (SSSR count). The van der Waals surface area contributed by atoms with E-state index in [4.69, 9.17) is 18.9 Å². The van der Waals surface area contributed by atoms with Crippen molar-refractivity contribution < 1.29 is 42.9 Å². The molecule has 0 bridgehead atoms.